The van der Waals surface area contributed by atoms with Gasteiger partial charge < -0.3 is 16.0 Å². The maximum Gasteiger partial charge on any atom is 0.267 e. The Kier molecular flexibility index (Phi) is 6.86. The fourth-order valence-electron chi connectivity index (χ4n) is 1.54. The van der Waals surface area contributed by atoms with Crippen molar-refractivity contribution in [2.24, 2.45) is 5.73 Å². The molecule has 116 valence electrons. The van der Waals surface area contributed by atoms with Gasteiger partial charge in [-0.15, -0.1) is 0 Å². The van der Waals surface area contributed by atoms with E-state index in [2.05, 4.69) is 5.32 Å². The van der Waals surface area contributed by atoms with Crippen LogP contribution in [0.3, 0.4) is 0 Å². The minimum Gasteiger partial charge on any atom is -0.329 e. The second-order valence-electron chi connectivity index (χ2n) is 4.21. The summed E-state index contributed by atoms with van der Waals surface area (Å²) in [6.07, 6.45) is 1.16. The van der Waals surface area contributed by atoms with E-state index in [0.717, 1.165) is 6.20 Å². The van der Waals surface area contributed by atoms with Crippen molar-refractivity contribution < 1.29 is 9.59 Å². The van der Waals surface area contributed by atoms with Gasteiger partial charge in [0.2, 0.25) is 5.91 Å². The molecular formula is C14H14Cl2N4O2. The molecule has 0 aliphatic rings. The maximum absolute atomic E-state index is 12.1. The molecule has 0 spiro atoms. The molecule has 0 aromatic heterocycles. The quantitative estimate of drug-likeness (QED) is 0.633. The van der Waals surface area contributed by atoms with Gasteiger partial charge in [-0.1, -0.05) is 29.3 Å². The number of nitrogens with zero attached hydrogens (tertiary/aromatic N) is 2. The number of nitrogens with one attached hydrogen (secondary N) is 1. The van der Waals surface area contributed by atoms with Gasteiger partial charge in [-0.3, -0.25) is 9.59 Å². The summed E-state index contributed by atoms with van der Waals surface area (Å²) in [6, 6.07) is 6.46. The van der Waals surface area contributed by atoms with Gasteiger partial charge in [0, 0.05) is 26.2 Å². The number of carbonyl (C=O) groups excluding carboxylic acids is 2. The summed E-state index contributed by atoms with van der Waals surface area (Å²) in [6.45, 7) is 1.72. The molecule has 6 nitrogen and oxygen atoms in total. The van der Waals surface area contributed by atoms with Gasteiger partial charge in [0.1, 0.15) is 11.6 Å². The third kappa shape index (κ3) is 4.74. The highest BCUT2D eigenvalue weighted by molar-refractivity contribution is 6.44. The number of nitriles is 1. The molecule has 0 fully saturated rings. The zero-order valence-corrected chi connectivity index (χ0v) is 13.3. The molecular weight excluding hydrogens is 327 g/mol. The molecule has 0 radical (unpaired) electrons. The Morgan fingerprint density at radius 3 is 2.68 bits per heavy atom. The van der Waals surface area contributed by atoms with E-state index in [1.165, 1.54) is 11.8 Å². The summed E-state index contributed by atoms with van der Waals surface area (Å²) < 4.78 is 0. The molecule has 0 atom stereocenters. The molecule has 0 bridgehead atoms. The molecule has 8 heteroatoms. The lowest BCUT2D eigenvalue weighted by molar-refractivity contribution is -0.126. The van der Waals surface area contributed by atoms with E-state index in [1.54, 1.807) is 24.3 Å². The van der Waals surface area contributed by atoms with Crippen molar-refractivity contribution in [2.45, 2.75) is 6.92 Å². The summed E-state index contributed by atoms with van der Waals surface area (Å²) in [4.78, 5) is 24.7. The lowest BCUT2D eigenvalue weighted by atomic mass is 10.2. The van der Waals surface area contributed by atoms with Gasteiger partial charge in [-0.25, -0.2) is 0 Å². The van der Waals surface area contributed by atoms with E-state index in [-0.39, 0.29) is 40.3 Å². The van der Waals surface area contributed by atoms with Gasteiger partial charge in [0.05, 0.1) is 15.7 Å². The van der Waals surface area contributed by atoms with E-state index < -0.39 is 5.91 Å². The average Bonchev–Trinajstić information content (AvgIpc) is 2.47. The number of amides is 2. The van der Waals surface area contributed by atoms with Gasteiger partial charge in [0.15, 0.2) is 0 Å². The highest BCUT2D eigenvalue weighted by Gasteiger charge is 2.15. The van der Waals surface area contributed by atoms with Crippen LogP contribution in [0.2, 0.25) is 10.0 Å². The van der Waals surface area contributed by atoms with Crippen LogP contribution in [0.25, 0.3) is 0 Å². The molecule has 0 saturated heterocycles. The van der Waals surface area contributed by atoms with Crippen LogP contribution in [0.1, 0.15) is 6.92 Å². The minimum absolute atomic E-state index is 0.167. The van der Waals surface area contributed by atoms with E-state index in [1.807, 2.05) is 0 Å². The molecule has 0 aliphatic carbocycles. The molecule has 1 rings (SSSR count). The highest BCUT2D eigenvalue weighted by Crippen LogP contribution is 2.29. The van der Waals surface area contributed by atoms with E-state index in [0.29, 0.717) is 0 Å². The Labute approximate surface area is 138 Å². The monoisotopic (exact) mass is 340 g/mol. The fraction of sp³-hybridized carbons (Fsp3) is 0.214. The van der Waals surface area contributed by atoms with Crippen molar-refractivity contribution in [3.8, 4) is 6.07 Å². The molecule has 0 saturated carbocycles. The molecule has 1 aromatic carbocycles. The lowest BCUT2D eigenvalue weighted by Gasteiger charge is -2.15. The second kappa shape index (κ2) is 8.39. The Morgan fingerprint density at radius 1 is 1.45 bits per heavy atom. The van der Waals surface area contributed by atoms with Crippen molar-refractivity contribution in [3.05, 3.63) is 40.0 Å². The van der Waals surface area contributed by atoms with Gasteiger partial charge in [0.25, 0.3) is 5.91 Å². The van der Waals surface area contributed by atoms with Gasteiger partial charge in [-0.2, -0.15) is 5.26 Å². The van der Waals surface area contributed by atoms with E-state index >= 15 is 0 Å². The summed E-state index contributed by atoms with van der Waals surface area (Å²) in [5.74, 6) is -1.03. The van der Waals surface area contributed by atoms with Crippen LogP contribution in [0.15, 0.2) is 30.0 Å². The molecule has 1 aromatic rings. The fourth-order valence-corrected chi connectivity index (χ4v) is 1.88. The Bertz CT molecular complexity index is 653. The topological polar surface area (TPSA) is 99.2 Å². The summed E-state index contributed by atoms with van der Waals surface area (Å²) in [5, 5.41) is 12.0. The van der Waals surface area contributed by atoms with Crippen LogP contribution in [0.5, 0.6) is 0 Å². The smallest absolute Gasteiger partial charge is 0.267 e. The van der Waals surface area contributed by atoms with E-state index in [4.69, 9.17) is 34.2 Å². The third-order valence-corrected chi connectivity index (χ3v) is 3.44. The minimum atomic E-state index is -0.699. The van der Waals surface area contributed by atoms with Crippen LogP contribution < -0.4 is 11.1 Å². The van der Waals surface area contributed by atoms with Crippen LogP contribution in [0.4, 0.5) is 5.69 Å². The number of carbonyl (C=O) groups is 2. The first-order valence-electron chi connectivity index (χ1n) is 6.25. The second-order valence-corrected chi connectivity index (χ2v) is 5.00. The third-order valence-electron chi connectivity index (χ3n) is 2.62. The first-order valence-corrected chi connectivity index (χ1v) is 7.00. The van der Waals surface area contributed by atoms with Crippen LogP contribution in [-0.2, 0) is 9.59 Å². The predicted molar refractivity (Wildman–Crippen MR) is 85.2 cm³/mol. The molecule has 2 amide bonds. The first kappa shape index (κ1) is 18.0. The number of hydrogen-bond donors (Lipinski definition) is 2. The molecule has 3 N–H and O–H groups in total. The Morgan fingerprint density at radius 2 is 2.14 bits per heavy atom. The van der Waals surface area contributed by atoms with Gasteiger partial charge >= 0.3 is 0 Å². The normalized spacial score (nSPS) is 10.8. The van der Waals surface area contributed by atoms with Gasteiger partial charge in [-0.05, 0) is 12.1 Å². The Hall–Kier alpha value is -2.07. The summed E-state index contributed by atoms with van der Waals surface area (Å²) >= 11 is 11.8. The molecule has 0 heterocycles. The van der Waals surface area contributed by atoms with Crippen molar-refractivity contribution in [1.82, 2.24) is 4.90 Å². The van der Waals surface area contributed by atoms with Crippen LogP contribution >= 0.6 is 23.2 Å². The van der Waals surface area contributed by atoms with Crippen molar-refractivity contribution in [3.63, 3.8) is 0 Å². The zero-order chi connectivity index (χ0) is 16.7. The largest absolute Gasteiger partial charge is 0.329 e. The number of hydrogen-bond acceptors (Lipinski definition) is 4. The highest BCUT2D eigenvalue weighted by atomic mass is 35.5. The number of halogens is 2. The first-order chi connectivity index (χ1) is 10.4. The van der Waals surface area contributed by atoms with Crippen molar-refractivity contribution in [2.75, 3.05) is 18.4 Å². The standard InChI is InChI=1S/C14H14Cl2N4O2/c1-9(21)20(6-5-17)8-10(7-18)14(22)19-12-4-2-3-11(15)13(12)16/h2-4,8H,5-6,17H2,1H3,(H,19,22)/b10-8-. The zero-order valence-electron chi connectivity index (χ0n) is 11.8. The molecule has 0 aliphatic heterocycles. The van der Waals surface area contributed by atoms with Crippen LogP contribution in [0, 0.1) is 11.3 Å². The average molecular weight is 341 g/mol. The molecule has 0 unspecified atom stereocenters. The molecule has 22 heavy (non-hydrogen) atoms. The van der Waals surface area contributed by atoms with E-state index in [9.17, 15) is 9.59 Å². The lowest BCUT2D eigenvalue weighted by Crippen LogP contribution is -2.30. The maximum atomic E-state index is 12.1. The number of benzene rings is 1. The van der Waals surface area contributed by atoms with Crippen molar-refractivity contribution in [1.29, 1.82) is 5.26 Å². The number of nitrogens with two attached hydrogens (primary N) is 1. The number of rotatable bonds is 5. The summed E-state index contributed by atoms with van der Waals surface area (Å²) in [5.41, 5.74) is 5.40. The van der Waals surface area contributed by atoms with Crippen molar-refractivity contribution >= 4 is 40.7 Å². The number of anilines is 1. The van der Waals surface area contributed by atoms with Crippen LogP contribution in [-0.4, -0.2) is 29.8 Å². The summed E-state index contributed by atoms with van der Waals surface area (Å²) in [7, 11) is 0. The predicted octanol–water partition coefficient (Wildman–Crippen LogP) is 2.15. The SMILES string of the molecule is CC(=O)N(/C=C(/C#N)C(=O)Nc1cccc(Cl)c1Cl)CCN. The Balaban J connectivity index is 3.00.